The fourth-order valence-electron chi connectivity index (χ4n) is 2.77. The third kappa shape index (κ3) is 4.90. The first-order valence-corrected chi connectivity index (χ1v) is 10.1. The summed E-state index contributed by atoms with van der Waals surface area (Å²) in [6.45, 7) is 1.45. The molecular weight excluding hydrogens is 458 g/mol. The molecule has 0 bridgehead atoms. The zero-order valence-electron chi connectivity index (χ0n) is 16.3. The van der Waals surface area contributed by atoms with Crippen LogP contribution in [-0.2, 0) is 11.2 Å². The molecule has 0 fully saturated rings. The van der Waals surface area contributed by atoms with Crippen LogP contribution in [0.2, 0.25) is 0 Å². The van der Waals surface area contributed by atoms with Crippen LogP contribution < -0.4 is 0 Å². The quantitative estimate of drug-likeness (QED) is 0.250. The highest BCUT2D eigenvalue weighted by Gasteiger charge is 2.17. The average Bonchev–Trinajstić information content (AvgIpc) is 3.41. The van der Waals surface area contributed by atoms with Crippen molar-refractivity contribution < 1.29 is 29.7 Å². The highest BCUT2D eigenvalue weighted by Crippen LogP contribution is 2.24. The number of carboxylic acids is 3. The predicted molar refractivity (Wildman–Crippen MR) is 115 cm³/mol. The minimum atomic E-state index is -1.29. The fraction of sp³-hybridized carbons (Fsp3) is 0.105. The molecule has 164 valence electrons. The van der Waals surface area contributed by atoms with E-state index in [-0.39, 0.29) is 22.3 Å². The van der Waals surface area contributed by atoms with Gasteiger partial charge in [-0.25, -0.2) is 34.1 Å². The Labute approximate surface area is 189 Å². The molecule has 4 rings (SSSR count). The van der Waals surface area contributed by atoms with Crippen LogP contribution in [0.1, 0.15) is 31.8 Å². The molecule has 3 N–H and O–H groups in total. The third-order valence-electron chi connectivity index (χ3n) is 4.26. The maximum Gasteiger partial charge on any atom is 0.335 e. The van der Waals surface area contributed by atoms with E-state index in [1.807, 2.05) is 5.38 Å². The van der Waals surface area contributed by atoms with Crippen LogP contribution in [0.3, 0.4) is 0 Å². The molecule has 0 unspecified atom stereocenters. The van der Waals surface area contributed by atoms with E-state index in [9.17, 15) is 14.4 Å². The van der Waals surface area contributed by atoms with Crippen LogP contribution in [0, 0.1) is 6.92 Å². The molecule has 2 aliphatic heterocycles. The summed E-state index contributed by atoms with van der Waals surface area (Å²) in [5, 5.41) is 29.6. The average molecular weight is 473 g/mol. The van der Waals surface area contributed by atoms with Crippen molar-refractivity contribution in [2.24, 2.45) is 0 Å². The van der Waals surface area contributed by atoms with Gasteiger partial charge in [0.2, 0.25) is 0 Å². The van der Waals surface area contributed by atoms with Gasteiger partial charge in [-0.3, -0.25) is 4.79 Å². The molecule has 0 spiro atoms. The Bertz CT molecular complexity index is 1270. The van der Waals surface area contributed by atoms with Gasteiger partial charge >= 0.3 is 17.9 Å². The van der Waals surface area contributed by atoms with Gasteiger partial charge in [0.1, 0.15) is 12.0 Å². The molecule has 0 amide bonds. The number of fused-ring (bicyclic) bond motifs is 1. The van der Waals surface area contributed by atoms with Crippen molar-refractivity contribution in [3.05, 3.63) is 58.5 Å². The fourth-order valence-corrected chi connectivity index (χ4v) is 3.73. The van der Waals surface area contributed by atoms with Crippen LogP contribution in [0.15, 0.2) is 41.4 Å². The number of thiol groups is 1. The van der Waals surface area contributed by atoms with E-state index in [1.54, 1.807) is 17.0 Å². The summed E-state index contributed by atoms with van der Waals surface area (Å²) in [7, 11) is 0. The first-order chi connectivity index (χ1) is 15.2. The number of aromatic carboxylic acids is 2. The summed E-state index contributed by atoms with van der Waals surface area (Å²) in [6.07, 6.45) is 4.47. The smallest absolute Gasteiger partial charge is 0.335 e. The summed E-state index contributed by atoms with van der Waals surface area (Å²) >= 11 is 5.79. The summed E-state index contributed by atoms with van der Waals surface area (Å²) in [4.78, 5) is 48.8. The number of thiazole rings is 1. The number of aliphatic carboxylic acids is 1. The van der Waals surface area contributed by atoms with E-state index < -0.39 is 24.3 Å². The van der Waals surface area contributed by atoms with Crippen LogP contribution in [-0.4, -0.2) is 57.7 Å². The maximum atomic E-state index is 10.9. The number of nitrogens with zero attached hydrogens (tertiary/aromatic N) is 5. The number of hydrogen-bond acceptors (Lipinski definition) is 9. The van der Waals surface area contributed by atoms with Crippen molar-refractivity contribution in [2.45, 2.75) is 18.5 Å². The second-order valence-corrected chi connectivity index (χ2v) is 7.55. The molecule has 2 aliphatic rings. The molecule has 1 aromatic carbocycles. The maximum absolute atomic E-state index is 10.9. The third-order valence-corrected chi connectivity index (χ3v) is 5.34. The Morgan fingerprint density at radius 1 is 1.06 bits per heavy atom. The van der Waals surface area contributed by atoms with Gasteiger partial charge < -0.3 is 15.3 Å². The molecule has 2 aromatic rings. The van der Waals surface area contributed by atoms with Crippen molar-refractivity contribution >= 4 is 41.9 Å². The molecule has 0 atom stereocenters. The molecule has 1 aromatic heterocycles. The highest BCUT2D eigenvalue weighted by molar-refractivity contribution is 7.80. The van der Waals surface area contributed by atoms with Crippen molar-refractivity contribution in [2.75, 3.05) is 0 Å². The van der Waals surface area contributed by atoms with Gasteiger partial charge in [0.15, 0.2) is 16.1 Å². The molecule has 11 nitrogen and oxygen atoms in total. The first kappa shape index (κ1) is 22.8. The van der Waals surface area contributed by atoms with E-state index >= 15 is 0 Å². The molecule has 0 saturated carbocycles. The Morgan fingerprint density at radius 3 is 2.41 bits per heavy atom. The Hall–Kier alpha value is -3.84. The van der Waals surface area contributed by atoms with Gasteiger partial charge in [0, 0.05) is 11.6 Å². The van der Waals surface area contributed by atoms with Crippen LogP contribution in [0.25, 0.3) is 16.6 Å². The molecule has 0 aliphatic carbocycles. The van der Waals surface area contributed by atoms with Crippen molar-refractivity contribution in [1.29, 1.82) is 0 Å². The lowest BCUT2D eigenvalue weighted by Crippen LogP contribution is -2.10. The van der Waals surface area contributed by atoms with Gasteiger partial charge in [0.05, 0.1) is 23.7 Å². The molecular formula is C19H15N5O6S2. The zero-order valence-corrected chi connectivity index (χ0v) is 18.0. The van der Waals surface area contributed by atoms with Gasteiger partial charge in [-0.1, -0.05) is 0 Å². The second kappa shape index (κ2) is 9.53. The number of carboxylic acid groups (broad SMARTS) is 3. The molecule has 32 heavy (non-hydrogen) atoms. The topological polar surface area (TPSA) is 168 Å². The van der Waals surface area contributed by atoms with Crippen molar-refractivity contribution in [3.8, 4) is 16.6 Å². The van der Waals surface area contributed by atoms with Crippen molar-refractivity contribution in [3.63, 3.8) is 0 Å². The molecule has 3 heterocycles. The van der Waals surface area contributed by atoms with E-state index in [4.69, 9.17) is 15.3 Å². The second-order valence-electron chi connectivity index (χ2n) is 6.28. The predicted octanol–water partition coefficient (Wildman–Crippen LogP) is 2.53. The number of rotatable bonds is 5. The van der Waals surface area contributed by atoms with Crippen LogP contribution in [0.5, 0.6) is 0 Å². The minimum Gasteiger partial charge on any atom is -0.481 e. The minimum absolute atomic E-state index is 0.190. The SMILES string of the molecule is Cc1c(CC(=O)O)cc(C(=O)O)cc1C(=O)O.Sc1ncc2ncnc-2n1-c1nccs1. The number of aromatic nitrogens is 5. The summed E-state index contributed by atoms with van der Waals surface area (Å²) in [5.41, 5.74) is 0.771. The monoisotopic (exact) mass is 473 g/mol. The van der Waals surface area contributed by atoms with Crippen LogP contribution in [0.4, 0.5) is 0 Å². The molecule has 0 saturated heterocycles. The molecule has 0 radical (unpaired) electrons. The number of benzene rings is 1. The Kier molecular flexibility index (Phi) is 6.80. The van der Waals surface area contributed by atoms with E-state index in [2.05, 4.69) is 32.6 Å². The zero-order chi connectivity index (χ0) is 23.4. The lowest BCUT2D eigenvalue weighted by Gasteiger charge is -2.08. The largest absolute Gasteiger partial charge is 0.481 e. The van der Waals surface area contributed by atoms with E-state index in [1.165, 1.54) is 30.7 Å². The standard InChI is InChI=1S/C11H10O6.C8H5N5S2/c1-5-6(4-9(12)13)2-7(10(14)15)3-8(5)11(16)17;14-7-10-3-5-6(12-4-11-5)13(7)8-9-1-2-15-8/h2-3H,4H2,1H3,(H,12,13)(H,14,15)(H,16,17);1-4H,(H,10,14). The van der Waals surface area contributed by atoms with E-state index in [0.29, 0.717) is 5.16 Å². The Morgan fingerprint density at radius 2 is 1.81 bits per heavy atom. The lowest BCUT2D eigenvalue weighted by atomic mass is 9.96. The molecule has 13 heteroatoms. The Balaban J connectivity index is 0.000000181. The van der Waals surface area contributed by atoms with Crippen molar-refractivity contribution in [1.82, 2.24) is 24.5 Å². The summed E-state index contributed by atoms with van der Waals surface area (Å²) < 4.78 is 1.77. The van der Waals surface area contributed by atoms with Crippen LogP contribution >= 0.6 is 24.0 Å². The summed E-state index contributed by atoms with van der Waals surface area (Å²) in [5.74, 6) is -2.99. The van der Waals surface area contributed by atoms with Gasteiger partial charge in [-0.2, -0.15) is 0 Å². The number of hydrogen-bond donors (Lipinski definition) is 4. The summed E-state index contributed by atoms with van der Waals surface area (Å²) in [6, 6.07) is 2.20. The van der Waals surface area contributed by atoms with Gasteiger partial charge in [-0.05, 0) is 30.2 Å². The highest BCUT2D eigenvalue weighted by atomic mass is 32.1. The number of carbonyl (C=O) groups is 3. The lowest BCUT2D eigenvalue weighted by molar-refractivity contribution is -0.136. The first-order valence-electron chi connectivity index (χ1n) is 8.78. The number of imidazole rings is 1. The van der Waals surface area contributed by atoms with E-state index in [0.717, 1.165) is 22.7 Å². The normalized spacial score (nSPS) is 10.4. The van der Waals surface area contributed by atoms with Gasteiger partial charge in [-0.15, -0.1) is 24.0 Å². The van der Waals surface area contributed by atoms with Gasteiger partial charge in [0.25, 0.3) is 0 Å².